The van der Waals surface area contributed by atoms with Gasteiger partial charge in [0, 0.05) is 11.9 Å². The third kappa shape index (κ3) is 1.57. The first-order chi connectivity index (χ1) is 7.13. The average molecular weight is 208 g/mol. The second kappa shape index (κ2) is 3.55. The number of aromatic nitrogens is 1. The van der Waals surface area contributed by atoms with Crippen LogP contribution >= 0.6 is 0 Å². The lowest BCUT2D eigenvalue weighted by molar-refractivity contribution is 0.614. The van der Waals surface area contributed by atoms with E-state index in [1.54, 1.807) is 13.0 Å². The number of aryl methyl sites for hydroxylation is 1. The lowest BCUT2D eigenvalue weighted by Gasteiger charge is -2.06. The summed E-state index contributed by atoms with van der Waals surface area (Å²) in [4.78, 5) is 3.97. The van der Waals surface area contributed by atoms with Gasteiger partial charge in [-0.15, -0.1) is 0 Å². The van der Waals surface area contributed by atoms with E-state index in [4.69, 9.17) is 5.73 Å². The summed E-state index contributed by atoms with van der Waals surface area (Å²) < 4.78 is 26.8. The van der Waals surface area contributed by atoms with E-state index in [1.807, 2.05) is 0 Å². The number of nitrogens with two attached hydrogens (primary N) is 1. The van der Waals surface area contributed by atoms with Gasteiger partial charge in [-0.2, -0.15) is 0 Å². The maximum absolute atomic E-state index is 13.4. The summed E-state index contributed by atoms with van der Waals surface area (Å²) in [5.41, 5.74) is 6.68. The molecule has 0 fully saturated rings. The van der Waals surface area contributed by atoms with Crippen LogP contribution in [0.3, 0.4) is 0 Å². The molecule has 1 aromatic heterocycles. The quantitative estimate of drug-likeness (QED) is 0.780. The number of hydrogen-bond acceptors (Lipinski definition) is 2. The molecule has 0 aliphatic rings. The molecule has 0 radical (unpaired) electrons. The minimum Gasteiger partial charge on any atom is -0.325 e. The molecule has 2 rings (SSSR count). The van der Waals surface area contributed by atoms with Crippen molar-refractivity contribution in [1.82, 2.24) is 4.98 Å². The van der Waals surface area contributed by atoms with Gasteiger partial charge in [0.25, 0.3) is 0 Å². The molecule has 0 bridgehead atoms. The van der Waals surface area contributed by atoms with Crippen LogP contribution in [0.5, 0.6) is 0 Å². The Bertz CT molecular complexity index is 523. The van der Waals surface area contributed by atoms with Gasteiger partial charge in [0.1, 0.15) is 17.2 Å². The first-order valence-corrected chi connectivity index (χ1v) is 4.58. The number of hydrogen-bond donors (Lipinski definition) is 1. The van der Waals surface area contributed by atoms with Gasteiger partial charge < -0.3 is 5.73 Å². The van der Waals surface area contributed by atoms with Gasteiger partial charge in [0.15, 0.2) is 0 Å². The largest absolute Gasteiger partial charge is 0.325 e. The van der Waals surface area contributed by atoms with Crippen molar-refractivity contribution in [2.75, 3.05) is 0 Å². The molecule has 0 unspecified atom stereocenters. The zero-order valence-corrected chi connectivity index (χ0v) is 8.22. The Morgan fingerprint density at radius 1 is 1.27 bits per heavy atom. The Hall–Kier alpha value is -1.55. The molecule has 0 aliphatic heterocycles. The van der Waals surface area contributed by atoms with Gasteiger partial charge >= 0.3 is 0 Å². The van der Waals surface area contributed by atoms with Crippen LogP contribution < -0.4 is 5.73 Å². The highest BCUT2D eigenvalue weighted by atomic mass is 19.1. The topological polar surface area (TPSA) is 38.9 Å². The lowest BCUT2D eigenvalue weighted by Crippen LogP contribution is -2.02. The van der Waals surface area contributed by atoms with Crippen molar-refractivity contribution >= 4 is 10.9 Å². The van der Waals surface area contributed by atoms with E-state index >= 15 is 0 Å². The predicted octanol–water partition coefficient (Wildman–Crippen LogP) is 2.28. The Kier molecular flexibility index (Phi) is 2.36. The zero-order valence-electron chi connectivity index (χ0n) is 8.22. The fourth-order valence-electron chi connectivity index (χ4n) is 1.63. The van der Waals surface area contributed by atoms with Crippen molar-refractivity contribution in [1.29, 1.82) is 0 Å². The average Bonchev–Trinajstić information content (AvgIpc) is 2.23. The van der Waals surface area contributed by atoms with Gasteiger partial charge in [-0.3, -0.25) is 0 Å². The van der Waals surface area contributed by atoms with Gasteiger partial charge in [0.2, 0.25) is 0 Å². The van der Waals surface area contributed by atoms with Crippen LogP contribution in [-0.2, 0) is 6.54 Å². The number of benzene rings is 1. The van der Waals surface area contributed by atoms with Crippen LogP contribution in [0.1, 0.15) is 11.3 Å². The second-order valence-corrected chi connectivity index (χ2v) is 3.39. The summed E-state index contributed by atoms with van der Waals surface area (Å²) in [5.74, 6) is -0.982. The first kappa shape index (κ1) is 9.98. The molecule has 78 valence electrons. The summed E-state index contributed by atoms with van der Waals surface area (Å²) in [6, 6.07) is 3.85. The van der Waals surface area contributed by atoms with E-state index in [2.05, 4.69) is 4.98 Å². The normalized spacial score (nSPS) is 10.9. The molecule has 0 saturated heterocycles. The molecule has 0 saturated carbocycles. The molecule has 2 nitrogen and oxygen atoms in total. The smallest absolute Gasteiger partial charge is 0.149 e. The van der Waals surface area contributed by atoms with Crippen LogP contribution in [-0.4, -0.2) is 4.98 Å². The van der Waals surface area contributed by atoms with Crippen LogP contribution in [0.25, 0.3) is 10.9 Å². The highest BCUT2D eigenvalue weighted by Crippen LogP contribution is 2.23. The maximum atomic E-state index is 13.4. The van der Waals surface area contributed by atoms with E-state index in [0.29, 0.717) is 11.3 Å². The number of fused-ring (bicyclic) bond motifs is 1. The van der Waals surface area contributed by atoms with E-state index in [9.17, 15) is 8.78 Å². The van der Waals surface area contributed by atoms with Crippen molar-refractivity contribution < 1.29 is 8.78 Å². The van der Waals surface area contributed by atoms with E-state index in [1.165, 1.54) is 0 Å². The third-order valence-corrected chi connectivity index (χ3v) is 2.32. The minimum atomic E-state index is -0.523. The van der Waals surface area contributed by atoms with Crippen molar-refractivity contribution in [3.63, 3.8) is 0 Å². The van der Waals surface area contributed by atoms with E-state index in [-0.39, 0.29) is 17.4 Å². The van der Waals surface area contributed by atoms with Crippen LogP contribution in [0, 0.1) is 18.6 Å². The summed E-state index contributed by atoms with van der Waals surface area (Å²) in [6.07, 6.45) is 0. The molecule has 4 heteroatoms. The number of pyridine rings is 1. The van der Waals surface area contributed by atoms with Crippen molar-refractivity contribution in [2.45, 2.75) is 13.5 Å². The molecular formula is C11H10F2N2. The van der Waals surface area contributed by atoms with Crippen molar-refractivity contribution in [3.8, 4) is 0 Å². The van der Waals surface area contributed by atoms with E-state index in [0.717, 1.165) is 12.1 Å². The molecule has 0 amide bonds. The fourth-order valence-corrected chi connectivity index (χ4v) is 1.63. The SMILES string of the molecule is Cc1cc(CN)nc2c(F)ccc(F)c12. The fraction of sp³-hybridized carbons (Fsp3) is 0.182. The maximum Gasteiger partial charge on any atom is 0.149 e. The molecular weight excluding hydrogens is 198 g/mol. The molecule has 1 aromatic carbocycles. The molecule has 1 heterocycles. The lowest BCUT2D eigenvalue weighted by atomic mass is 10.1. The van der Waals surface area contributed by atoms with Gasteiger partial charge in [0.05, 0.1) is 5.69 Å². The number of rotatable bonds is 1. The zero-order chi connectivity index (χ0) is 11.0. The van der Waals surface area contributed by atoms with Crippen molar-refractivity contribution in [2.24, 2.45) is 5.73 Å². The Balaban J connectivity index is 2.90. The molecule has 0 aliphatic carbocycles. The molecule has 15 heavy (non-hydrogen) atoms. The van der Waals surface area contributed by atoms with E-state index < -0.39 is 11.6 Å². The Labute approximate surface area is 85.7 Å². The highest BCUT2D eigenvalue weighted by Gasteiger charge is 2.10. The molecule has 0 atom stereocenters. The van der Waals surface area contributed by atoms with Gasteiger partial charge in [-0.25, -0.2) is 13.8 Å². The highest BCUT2D eigenvalue weighted by molar-refractivity contribution is 5.83. The van der Waals surface area contributed by atoms with Crippen LogP contribution in [0.2, 0.25) is 0 Å². The van der Waals surface area contributed by atoms with Crippen LogP contribution in [0.4, 0.5) is 8.78 Å². The Morgan fingerprint density at radius 2 is 1.93 bits per heavy atom. The second-order valence-electron chi connectivity index (χ2n) is 3.39. The van der Waals surface area contributed by atoms with Crippen molar-refractivity contribution in [3.05, 3.63) is 41.1 Å². The summed E-state index contributed by atoms with van der Waals surface area (Å²) in [7, 11) is 0. The van der Waals surface area contributed by atoms with Gasteiger partial charge in [-0.1, -0.05) is 0 Å². The van der Waals surface area contributed by atoms with Gasteiger partial charge in [-0.05, 0) is 30.7 Å². The number of nitrogens with zero attached hydrogens (tertiary/aromatic N) is 1. The first-order valence-electron chi connectivity index (χ1n) is 4.58. The minimum absolute atomic E-state index is 0.0513. The summed E-state index contributed by atoms with van der Waals surface area (Å²) in [5, 5.41) is 0.229. The third-order valence-electron chi connectivity index (χ3n) is 2.32. The standard InChI is InChI=1S/C11H10F2N2/c1-6-4-7(5-14)15-11-9(13)3-2-8(12)10(6)11/h2-4H,5,14H2,1H3. The molecule has 0 spiro atoms. The Morgan fingerprint density at radius 3 is 2.60 bits per heavy atom. The molecule has 2 N–H and O–H groups in total. The monoisotopic (exact) mass is 208 g/mol. The summed E-state index contributed by atoms with van der Waals surface area (Å²) >= 11 is 0. The predicted molar refractivity (Wildman–Crippen MR) is 54.3 cm³/mol. The summed E-state index contributed by atoms with van der Waals surface area (Å²) in [6.45, 7) is 1.93. The number of halogens is 2. The molecule has 2 aromatic rings. The van der Waals surface area contributed by atoms with Crippen LogP contribution in [0.15, 0.2) is 18.2 Å².